The first-order chi connectivity index (χ1) is 5.88. The van der Waals surface area contributed by atoms with Crippen LogP contribution in [0.1, 0.15) is 12.8 Å². The van der Waals surface area contributed by atoms with Crippen molar-refractivity contribution in [1.29, 1.82) is 0 Å². The van der Waals surface area contributed by atoms with Crippen LogP contribution in [0.4, 0.5) is 0 Å². The Bertz CT molecular complexity index is 168. The minimum absolute atomic E-state index is 0.295. The van der Waals surface area contributed by atoms with Gasteiger partial charge in [-0.25, -0.2) is 0 Å². The van der Waals surface area contributed by atoms with Crippen molar-refractivity contribution in [2.24, 2.45) is 23.7 Å². The molecule has 2 aliphatic rings. The summed E-state index contributed by atoms with van der Waals surface area (Å²) in [6.45, 7) is 0.591. The number of hydrogen-bond acceptors (Lipinski definition) is 2. The third kappa shape index (κ3) is 1.02. The fraction of sp³-hybridized carbons (Fsp3) is 0.800. The molecule has 12 heavy (non-hydrogen) atoms. The van der Waals surface area contributed by atoms with Crippen LogP contribution in [0, 0.1) is 23.7 Å². The summed E-state index contributed by atoms with van der Waals surface area (Å²) in [6.07, 6.45) is 6.32. The maximum absolute atomic E-state index is 8.83. The van der Waals surface area contributed by atoms with Crippen molar-refractivity contribution < 1.29 is 10.2 Å². The van der Waals surface area contributed by atoms with Gasteiger partial charge in [-0.3, -0.25) is 0 Å². The Kier molecular flexibility index (Phi) is 2.20. The SMILES string of the molecule is OCCC1C2C=CC2C1CCO. The predicted octanol–water partition coefficient (Wildman–Crippen LogP) is 0.799. The van der Waals surface area contributed by atoms with E-state index in [0.29, 0.717) is 25.0 Å². The zero-order valence-corrected chi connectivity index (χ0v) is 7.19. The highest BCUT2D eigenvalue weighted by Gasteiger charge is 2.50. The zero-order valence-electron chi connectivity index (χ0n) is 7.19. The van der Waals surface area contributed by atoms with Gasteiger partial charge in [-0.1, -0.05) is 12.2 Å². The molecule has 0 saturated heterocycles. The molecule has 2 rings (SSSR count). The van der Waals surface area contributed by atoms with E-state index in [0.717, 1.165) is 24.7 Å². The molecule has 4 atom stereocenters. The van der Waals surface area contributed by atoms with Gasteiger partial charge >= 0.3 is 0 Å². The zero-order chi connectivity index (χ0) is 8.55. The molecule has 4 unspecified atom stereocenters. The van der Waals surface area contributed by atoms with E-state index in [1.165, 1.54) is 0 Å². The number of hydrogen-bond donors (Lipinski definition) is 2. The summed E-state index contributed by atoms with van der Waals surface area (Å²) in [5.74, 6) is 2.76. The van der Waals surface area contributed by atoms with Gasteiger partial charge in [0.15, 0.2) is 0 Å². The molecule has 0 aromatic rings. The molecule has 2 nitrogen and oxygen atoms in total. The fourth-order valence-electron chi connectivity index (χ4n) is 2.76. The summed E-state index contributed by atoms with van der Waals surface area (Å²) in [5.41, 5.74) is 0. The first-order valence-corrected chi connectivity index (χ1v) is 4.78. The maximum atomic E-state index is 8.83. The Labute approximate surface area is 72.9 Å². The Morgan fingerprint density at radius 1 is 0.833 bits per heavy atom. The lowest BCUT2D eigenvalue weighted by atomic mass is 9.50. The van der Waals surface area contributed by atoms with Gasteiger partial charge in [-0.15, -0.1) is 0 Å². The molecule has 2 heteroatoms. The molecule has 0 aromatic heterocycles. The molecular weight excluding hydrogens is 152 g/mol. The van der Waals surface area contributed by atoms with Crippen LogP contribution < -0.4 is 0 Å². The summed E-state index contributed by atoms with van der Waals surface area (Å²) in [4.78, 5) is 0. The van der Waals surface area contributed by atoms with Crippen LogP contribution in [-0.2, 0) is 0 Å². The van der Waals surface area contributed by atoms with Crippen molar-refractivity contribution in [1.82, 2.24) is 0 Å². The summed E-state index contributed by atoms with van der Waals surface area (Å²) >= 11 is 0. The minimum atomic E-state index is 0.295. The van der Waals surface area contributed by atoms with Crippen molar-refractivity contribution in [2.45, 2.75) is 12.8 Å². The number of aliphatic hydroxyl groups is 2. The molecular formula is C10H16O2. The molecule has 0 radical (unpaired) electrons. The topological polar surface area (TPSA) is 40.5 Å². The van der Waals surface area contributed by atoms with Gasteiger partial charge in [-0.2, -0.15) is 0 Å². The van der Waals surface area contributed by atoms with Gasteiger partial charge in [0.1, 0.15) is 0 Å². The first kappa shape index (κ1) is 8.27. The van der Waals surface area contributed by atoms with Gasteiger partial charge in [0.05, 0.1) is 0 Å². The average Bonchev–Trinajstić information content (AvgIpc) is 2.02. The molecule has 0 spiro atoms. The molecule has 0 bridgehead atoms. The van der Waals surface area contributed by atoms with E-state index < -0.39 is 0 Å². The molecule has 0 aromatic carbocycles. The second-order valence-corrected chi connectivity index (χ2v) is 3.89. The molecule has 0 aliphatic heterocycles. The number of allylic oxidation sites excluding steroid dienone is 2. The van der Waals surface area contributed by atoms with Crippen LogP contribution in [0.5, 0.6) is 0 Å². The first-order valence-electron chi connectivity index (χ1n) is 4.78. The Morgan fingerprint density at radius 2 is 1.25 bits per heavy atom. The van der Waals surface area contributed by atoms with E-state index in [9.17, 15) is 0 Å². The average molecular weight is 168 g/mol. The minimum Gasteiger partial charge on any atom is -0.396 e. The monoisotopic (exact) mass is 168 g/mol. The van der Waals surface area contributed by atoms with Gasteiger partial charge < -0.3 is 10.2 Å². The van der Waals surface area contributed by atoms with E-state index in [1.54, 1.807) is 0 Å². The molecule has 68 valence electrons. The molecule has 1 fully saturated rings. The predicted molar refractivity (Wildman–Crippen MR) is 46.5 cm³/mol. The van der Waals surface area contributed by atoms with E-state index >= 15 is 0 Å². The second-order valence-electron chi connectivity index (χ2n) is 3.89. The molecule has 0 amide bonds. The summed E-state index contributed by atoms with van der Waals surface area (Å²) in [5, 5.41) is 17.7. The second kappa shape index (κ2) is 3.19. The largest absolute Gasteiger partial charge is 0.396 e. The van der Waals surface area contributed by atoms with Crippen molar-refractivity contribution in [3.8, 4) is 0 Å². The van der Waals surface area contributed by atoms with Gasteiger partial charge in [0.2, 0.25) is 0 Å². The van der Waals surface area contributed by atoms with Crippen LogP contribution in [0.2, 0.25) is 0 Å². The Hall–Kier alpha value is -0.340. The lowest BCUT2D eigenvalue weighted by molar-refractivity contribution is -0.0126. The summed E-state index contributed by atoms with van der Waals surface area (Å²) in [7, 11) is 0. The van der Waals surface area contributed by atoms with Gasteiger partial charge in [0, 0.05) is 13.2 Å². The van der Waals surface area contributed by atoms with Crippen molar-refractivity contribution in [3.05, 3.63) is 12.2 Å². The summed E-state index contributed by atoms with van der Waals surface area (Å²) < 4.78 is 0. The van der Waals surface area contributed by atoms with Crippen molar-refractivity contribution in [3.63, 3.8) is 0 Å². The molecule has 2 aliphatic carbocycles. The molecule has 2 N–H and O–H groups in total. The highest BCUT2D eigenvalue weighted by Crippen LogP contribution is 2.55. The van der Waals surface area contributed by atoms with E-state index in [1.807, 2.05) is 0 Å². The van der Waals surface area contributed by atoms with Crippen LogP contribution in [-0.4, -0.2) is 23.4 Å². The lowest BCUT2D eigenvalue weighted by Crippen LogP contribution is -2.49. The maximum Gasteiger partial charge on any atom is 0.0433 e. The van der Waals surface area contributed by atoms with Gasteiger partial charge in [0.25, 0.3) is 0 Å². The number of aliphatic hydroxyl groups excluding tert-OH is 2. The van der Waals surface area contributed by atoms with Crippen LogP contribution in [0.25, 0.3) is 0 Å². The van der Waals surface area contributed by atoms with E-state index in [4.69, 9.17) is 10.2 Å². The van der Waals surface area contributed by atoms with Crippen molar-refractivity contribution in [2.75, 3.05) is 13.2 Å². The third-order valence-electron chi connectivity index (χ3n) is 3.46. The van der Waals surface area contributed by atoms with E-state index in [-0.39, 0.29) is 0 Å². The van der Waals surface area contributed by atoms with Crippen molar-refractivity contribution >= 4 is 0 Å². The van der Waals surface area contributed by atoms with E-state index in [2.05, 4.69) is 12.2 Å². The highest BCUT2D eigenvalue weighted by atomic mass is 16.3. The highest BCUT2D eigenvalue weighted by molar-refractivity contribution is 5.21. The molecule has 0 heterocycles. The Morgan fingerprint density at radius 3 is 1.50 bits per heavy atom. The standard InChI is InChI=1S/C10H16O2/c11-5-3-9-7-1-2-8(7)10(9)4-6-12/h1-2,7-12H,3-6H2. The normalized spacial score (nSPS) is 43.2. The molecule has 1 saturated carbocycles. The smallest absolute Gasteiger partial charge is 0.0433 e. The van der Waals surface area contributed by atoms with Crippen LogP contribution in [0.3, 0.4) is 0 Å². The lowest BCUT2D eigenvalue weighted by Gasteiger charge is -2.55. The van der Waals surface area contributed by atoms with Crippen LogP contribution in [0.15, 0.2) is 12.2 Å². The number of fused-ring (bicyclic) bond motifs is 1. The van der Waals surface area contributed by atoms with Gasteiger partial charge in [-0.05, 0) is 36.5 Å². The third-order valence-corrected chi connectivity index (χ3v) is 3.46. The quantitative estimate of drug-likeness (QED) is 0.609. The fourth-order valence-corrected chi connectivity index (χ4v) is 2.76. The Balaban J connectivity index is 1.90. The summed E-state index contributed by atoms with van der Waals surface area (Å²) in [6, 6.07) is 0. The van der Waals surface area contributed by atoms with Crippen LogP contribution >= 0.6 is 0 Å². The number of rotatable bonds is 4.